The van der Waals surface area contributed by atoms with Crippen molar-refractivity contribution in [3.63, 3.8) is 0 Å². The molecule has 0 aliphatic rings. The number of para-hydroxylation sites is 2. The van der Waals surface area contributed by atoms with E-state index < -0.39 is 35.1 Å². The van der Waals surface area contributed by atoms with E-state index in [0.717, 1.165) is 0 Å². The normalized spacial score (nSPS) is 11.2. The number of nitrogens with zero attached hydrogens (tertiary/aromatic N) is 4. The largest absolute Gasteiger partial charge is 0.505 e. The minimum Gasteiger partial charge on any atom is -0.505 e. The maximum absolute atomic E-state index is 14.4. The van der Waals surface area contributed by atoms with Crippen LogP contribution in [0.2, 0.25) is 0 Å². The summed E-state index contributed by atoms with van der Waals surface area (Å²) in [6, 6.07) is 48.2. The zero-order chi connectivity index (χ0) is 53.3. The van der Waals surface area contributed by atoms with E-state index in [0.29, 0.717) is 79.8 Å². The number of carbonyl (C=O) groups is 4. The monoisotopic (exact) mass is 1010 g/mol. The Morgan fingerprint density at radius 2 is 0.829 bits per heavy atom. The Bertz CT molecular complexity index is 3750. The second kappa shape index (κ2) is 22.7. The van der Waals surface area contributed by atoms with Gasteiger partial charge in [0.15, 0.2) is 11.5 Å². The fraction of sp³-hybridized carbons (Fsp3) is 0.100. The second-order valence-electron chi connectivity index (χ2n) is 17.3. The average molecular weight is 1010 g/mol. The number of anilines is 4. The summed E-state index contributed by atoms with van der Waals surface area (Å²) in [5, 5.41) is 55.2. The molecule has 0 aliphatic heterocycles. The molecule has 0 saturated heterocycles. The van der Waals surface area contributed by atoms with E-state index in [2.05, 4.69) is 41.7 Å². The lowest BCUT2D eigenvalue weighted by atomic mass is 9.99. The molecule has 0 saturated carbocycles. The van der Waals surface area contributed by atoms with Crippen molar-refractivity contribution >= 4 is 90.7 Å². The molecule has 76 heavy (non-hydrogen) atoms. The smallest absolute Gasteiger partial charge is 0.259 e. The van der Waals surface area contributed by atoms with Gasteiger partial charge in [0.1, 0.15) is 22.9 Å². The minimum absolute atomic E-state index is 0.0301. The van der Waals surface area contributed by atoms with Crippen molar-refractivity contribution in [1.29, 1.82) is 0 Å². The minimum atomic E-state index is -0.634. The molecule has 16 heteroatoms. The highest BCUT2D eigenvalue weighted by Crippen LogP contribution is 2.42. The number of methoxy groups -OCH3 is 2. The maximum Gasteiger partial charge on any atom is 0.259 e. The Balaban J connectivity index is 0.981. The van der Waals surface area contributed by atoms with Gasteiger partial charge in [-0.1, -0.05) is 98.8 Å². The summed E-state index contributed by atoms with van der Waals surface area (Å²) in [6.07, 6.45) is 0.875. The molecule has 0 bridgehead atoms. The molecule has 16 nitrogen and oxygen atoms in total. The number of carbonyl (C=O) groups excluding carboxylic acids is 4. The lowest BCUT2D eigenvalue weighted by Gasteiger charge is -2.18. The molecular weight excluding hydrogens is 961 g/mol. The fourth-order valence-corrected chi connectivity index (χ4v) is 8.57. The third-order valence-electron chi connectivity index (χ3n) is 12.4. The number of benzene rings is 9. The highest BCUT2D eigenvalue weighted by molar-refractivity contribution is 6.14. The predicted octanol–water partition coefficient (Wildman–Crippen LogP) is 14.4. The molecule has 378 valence electrons. The van der Waals surface area contributed by atoms with Gasteiger partial charge in [-0.05, 0) is 108 Å². The van der Waals surface area contributed by atoms with Crippen molar-refractivity contribution in [2.24, 2.45) is 20.5 Å². The van der Waals surface area contributed by atoms with Crippen LogP contribution >= 0.6 is 0 Å². The molecule has 9 aromatic rings. The number of nitrogens with one attached hydrogen (secondary N) is 4. The van der Waals surface area contributed by atoms with Crippen molar-refractivity contribution in [2.45, 2.75) is 26.7 Å². The summed E-state index contributed by atoms with van der Waals surface area (Å²) in [4.78, 5) is 55.1. The Morgan fingerprint density at radius 1 is 0.434 bits per heavy atom. The van der Waals surface area contributed by atoms with E-state index in [9.17, 15) is 29.4 Å². The summed E-state index contributed by atoms with van der Waals surface area (Å²) < 4.78 is 10.9. The van der Waals surface area contributed by atoms with Crippen LogP contribution in [-0.2, 0) is 12.8 Å². The van der Waals surface area contributed by atoms with Crippen LogP contribution in [0.3, 0.4) is 0 Å². The number of phenols is 2. The summed E-state index contributed by atoms with van der Waals surface area (Å²) in [5.41, 5.74) is 4.44. The van der Waals surface area contributed by atoms with Crippen molar-refractivity contribution < 1.29 is 38.9 Å². The van der Waals surface area contributed by atoms with Gasteiger partial charge in [0, 0.05) is 56.8 Å². The lowest BCUT2D eigenvalue weighted by Crippen LogP contribution is -2.17. The molecule has 6 N–H and O–H groups in total. The first-order chi connectivity index (χ1) is 36.9. The van der Waals surface area contributed by atoms with Crippen LogP contribution in [0.5, 0.6) is 23.0 Å². The number of aryl methyl sites for hydroxylation is 2. The molecule has 9 aromatic carbocycles. The van der Waals surface area contributed by atoms with Crippen LogP contribution in [0.15, 0.2) is 190 Å². The first kappa shape index (κ1) is 50.7. The molecule has 0 atom stereocenters. The average Bonchev–Trinajstić information content (AvgIpc) is 3.46. The van der Waals surface area contributed by atoms with E-state index in [4.69, 9.17) is 9.47 Å². The summed E-state index contributed by atoms with van der Waals surface area (Å²) in [6.45, 7) is 3.81. The SMILES string of the molecule is CCc1cc(NC(=O)c2cc3ccccc3c(N=Nc3cc(OC)cc(C(=O)Nc4ccccc4)c3)c2O)cc(CC)c1NC(=O)c1cc2ccccc2c(N=Nc2cc(OC)cc(C(=O)Nc3ccccc3)c2)c1O. The highest BCUT2D eigenvalue weighted by Gasteiger charge is 2.23. The van der Waals surface area contributed by atoms with Gasteiger partial charge < -0.3 is 41.0 Å². The van der Waals surface area contributed by atoms with E-state index in [-0.39, 0.29) is 45.0 Å². The lowest BCUT2D eigenvalue weighted by molar-refractivity contribution is 0.101. The summed E-state index contributed by atoms with van der Waals surface area (Å²) >= 11 is 0. The van der Waals surface area contributed by atoms with Crippen LogP contribution in [0.1, 0.15) is 66.4 Å². The number of aromatic hydroxyl groups is 2. The standard InChI is InChI=1S/C60H50N8O8/c1-5-35-25-43(63-59(73)50-31-37-17-13-15-23-48(37)53(55(50)69)67-65-44-27-39(29-46(33-44)75-3)57(71)61-41-19-9-7-10-20-41)26-36(6-2)52(35)64-60(74)51-32-38-18-14-16-24-49(38)54(56(51)70)68-66-45-28-40(30-47(34-45)76-4)58(72)62-42-21-11-8-12-22-42/h7-34,69-70H,5-6H2,1-4H3,(H,61,71)(H,62,72)(H,63,73)(H,64,74). The highest BCUT2D eigenvalue weighted by atomic mass is 16.5. The third kappa shape index (κ3) is 11.2. The van der Waals surface area contributed by atoms with E-state index in [1.807, 2.05) is 50.2 Å². The topological polar surface area (TPSA) is 225 Å². The van der Waals surface area contributed by atoms with Crippen LogP contribution in [0, 0.1) is 0 Å². The van der Waals surface area contributed by atoms with E-state index in [1.165, 1.54) is 26.4 Å². The van der Waals surface area contributed by atoms with Gasteiger partial charge >= 0.3 is 0 Å². The number of phenolic OH excluding ortho intramolecular Hbond substituents is 2. The molecule has 0 aromatic heterocycles. The molecule has 4 amide bonds. The van der Waals surface area contributed by atoms with Gasteiger partial charge in [0.25, 0.3) is 23.6 Å². The molecule has 0 unspecified atom stereocenters. The maximum atomic E-state index is 14.4. The van der Waals surface area contributed by atoms with Crippen molar-refractivity contribution in [3.8, 4) is 23.0 Å². The van der Waals surface area contributed by atoms with Gasteiger partial charge in [-0.3, -0.25) is 19.2 Å². The number of fused-ring (bicyclic) bond motifs is 2. The molecule has 0 spiro atoms. The number of rotatable bonds is 16. The number of amides is 4. The Labute approximate surface area is 436 Å². The van der Waals surface area contributed by atoms with Crippen molar-refractivity contribution in [3.05, 3.63) is 203 Å². The zero-order valence-electron chi connectivity index (χ0n) is 41.7. The van der Waals surface area contributed by atoms with Gasteiger partial charge in [0.05, 0.1) is 36.7 Å². The fourth-order valence-electron chi connectivity index (χ4n) is 8.57. The van der Waals surface area contributed by atoms with Crippen LogP contribution in [0.4, 0.5) is 45.5 Å². The van der Waals surface area contributed by atoms with E-state index in [1.54, 1.807) is 121 Å². The van der Waals surface area contributed by atoms with Crippen molar-refractivity contribution in [2.75, 3.05) is 35.5 Å². The number of hydrogen-bond acceptors (Lipinski definition) is 12. The first-order valence-corrected chi connectivity index (χ1v) is 24.2. The Morgan fingerprint density at radius 3 is 1.25 bits per heavy atom. The molecule has 0 heterocycles. The molecule has 0 radical (unpaired) electrons. The summed E-state index contributed by atoms with van der Waals surface area (Å²) in [5.74, 6) is -2.17. The molecular formula is C60H50N8O8. The van der Waals surface area contributed by atoms with Gasteiger partial charge in [-0.15, -0.1) is 10.2 Å². The quantitative estimate of drug-likeness (QED) is 0.0509. The molecule has 0 aliphatic carbocycles. The number of azo groups is 2. The Hall–Kier alpha value is -10.2. The van der Waals surface area contributed by atoms with Gasteiger partial charge in [-0.25, -0.2) is 0 Å². The van der Waals surface area contributed by atoms with Gasteiger partial charge in [-0.2, -0.15) is 10.2 Å². The first-order valence-electron chi connectivity index (χ1n) is 24.2. The number of hydrogen-bond donors (Lipinski definition) is 6. The zero-order valence-corrected chi connectivity index (χ0v) is 41.7. The van der Waals surface area contributed by atoms with E-state index >= 15 is 0 Å². The van der Waals surface area contributed by atoms with Gasteiger partial charge in [0.2, 0.25) is 0 Å². The molecule has 0 fully saturated rings. The molecule has 9 rings (SSSR count). The predicted molar refractivity (Wildman–Crippen MR) is 295 cm³/mol. The van der Waals surface area contributed by atoms with Crippen LogP contribution in [0.25, 0.3) is 21.5 Å². The third-order valence-corrected chi connectivity index (χ3v) is 12.4. The second-order valence-corrected chi connectivity index (χ2v) is 17.3. The number of ether oxygens (including phenoxy) is 2. The summed E-state index contributed by atoms with van der Waals surface area (Å²) in [7, 11) is 2.94. The van der Waals surface area contributed by atoms with Crippen LogP contribution < -0.4 is 30.7 Å². The Kier molecular flexibility index (Phi) is 15.1. The van der Waals surface area contributed by atoms with Crippen LogP contribution in [-0.4, -0.2) is 48.1 Å². The van der Waals surface area contributed by atoms with Crippen molar-refractivity contribution in [1.82, 2.24) is 0 Å².